The molecule has 2 saturated carbocycles. The van der Waals surface area contributed by atoms with E-state index in [1.54, 1.807) is 0 Å². The Labute approximate surface area is 189 Å². The minimum absolute atomic E-state index is 0.00527. The van der Waals surface area contributed by atoms with Gasteiger partial charge in [0.15, 0.2) is 0 Å². The van der Waals surface area contributed by atoms with E-state index in [4.69, 9.17) is 5.73 Å². The molecule has 170 valence electrons. The van der Waals surface area contributed by atoms with E-state index >= 15 is 0 Å². The summed E-state index contributed by atoms with van der Waals surface area (Å²) >= 11 is 1.35. The fraction of sp³-hybridized carbons (Fsp3) is 0.680. The summed E-state index contributed by atoms with van der Waals surface area (Å²) in [5.41, 5.74) is 8.02. The molecule has 0 spiro atoms. The van der Waals surface area contributed by atoms with Crippen LogP contribution in [0.1, 0.15) is 98.5 Å². The van der Waals surface area contributed by atoms with Gasteiger partial charge < -0.3 is 15.7 Å². The standard InChI is InChI=1S/C25H36N2O3S/c1-16-7-9-18(10-8-16)24(28)27(20-13-11-19(26)12-14-20)21-15-22(31-23(21)25(29)30)17-5-3-2-4-6-17/h5,15-16,18-20H,2-4,6-14,26H2,1H3,(H,29,30). The Morgan fingerprint density at radius 1 is 1.06 bits per heavy atom. The number of hydrogen-bond donors (Lipinski definition) is 2. The van der Waals surface area contributed by atoms with Crippen LogP contribution in [0.4, 0.5) is 5.69 Å². The van der Waals surface area contributed by atoms with Gasteiger partial charge in [0, 0.05) is 22.9 Å². The van der Waals surface area contributed by atoms with E-state index in [9.17, 15) is 14.7 Å². The zero-order chi connectivity index (χ0) is 22.0. The van der Waals surface area contributed by atoms with E-state index in [0.29, 0.717) is 16.5 Å². The Bertz CT molecular complexity index is 830. The van der Waals surface area contributed by atoms with Crippen LogP contribution in [0, 0.1) is 11.8 Å². The topological polar surface area (TPSA) is 83.6 Å². The lowest BCUT2D eigenvalue weighted by Gasteiger charge is -2.39. The molecule has 6 heteroatoms. The molecule has 3 N–H and O–H groups in total. The van der Waals surface area contributed by atoms with Crippen LogP contribution in [0.25, 0.3) is 5.57 Å². The van der Waals surface area contributed by atoms with Crippen molar-refractivity contribution in [3.8, 4) is 0 Å². The van der Waals surface area contributed by atoms with E-state index in [1.165, 1.54) is 23.3 Å². The van der Waals surface area contributed by atoms with Crippen LogP contribution in [0.15, 0.2) is 12.1 Å². The molecular formula is C25H36N2O3S. The highest BCUT2D eigenvalue weighted by atomic mass is 32.1. The van der Waals surface area contributed by atoms with Crippen LogP contribution in [0.3, 0.4) is 0 Å². The molecule has 0 unspecified atom stereocenters. The van der Waals surface area contributed by atoms with Gasteiger partial charge >= 0.3 is 5.97 Å². The van der Waals surface area contributed by atoms with E-state index in [1.807, 2.05) is 11.0 Å². The minimum Gasteiger partial charge on any atom is -0.477 e. The van der Waals surface area contributed by atoms with E-state index in [0.717, 1.165) is 75.5 Å². The third-order valence-electron chi connectivity index (χ3n) is 7.48. The number of aromatic carboxylic acids is 1. The molecule has 3 aliphatic rings. The zero-order valence-electron chi connectivity index (χ0n) is 18.6. The molecule has 0 aromatic carbocycles. The summed E-state index contributed by atoms with van der Waals surface area (Å²) in [6, 6.07) is 2.24. The lowest BCUT2D eigenvalue weighted by molar-refractivity contribution is -0.124. The van der Waals surface area contributed by atoms with Gasteiger partial charge in [0.05, 0.1) is 5.69 Å². The van der Waals surface area contributed by atoms with Crippen molar-refractivity contribution in [1.29, 1.82) is 0 Å². The summed E-state index contributed by atoms with van der Waals surface area (Å²) in [4.78, 5) is 29.3. The number of rotatable bonds is 5. The third kappa shape index (κ3) is 5.06. The summed E-state index contributed by atoms with van der Waals surface area (Å²) in [6.07, 6.45) is 14.1. The first-order chi connectivity index (χ1) is 14.9. The van der Waals surface area contributed by atoms with Gasteiger partial charge in [-0.05, 0) is 94.6 Å². The molecule has 5 nitrogen and oxygen atoms in total. The summed E-state index contributed by atoms with van der Waals surface area (Å²) in [7, 11) is 0. The highest BCUT2D eigenvalue weighted by molar-refractivity contribution is 7.15. The Kier molecular flexibility index (Phi) is 7.17. The predicted molar refractivity (Wildman–Crippen MR) is 127 cm³/mol. The van der Waals surface area contributed by atoms with E-state index < -0.39 is 5.97 Å². The van der Waals surface area contributed by atoms with Crippen LogP contribution in [-0.4, -0.2) is 29.1 Å². The number of amides is 1. The zero-order valence-corrected chi connectivity index (χ0v) is 19.5. The third-order valence-corrected chi connectivity index (χ3v) is 8.67. The summed E-state index contributed by atoms with van der Waals surface area (Å²) in [6.45, 7) is 2.26. The van der Waals surface area contributed by atoms with Gasteiger partial charge in [-0.3, -0.25) is 4.79 Å². The van der Waals surface area contributed by atoms with Crippen LogP contribution in [0.5, 0.6) is 0 Å². The number of nitrogens with zero attached hydrogens (tertiary/aromatic N) is 1. The van der Waals surface area contributed by atoms with Gasteiger partial charge in [-0.15, -0.1) is 11.3 Å². The molecule has 1 aromatic rings. The van der Waals surface area contributed by atoms with Crippen molar-refractivity contribution in [2.45, 2.75) is 96.1 Å². The first-order valence-electron chi connectivity index (χ1n) is 12.1. The number of nitrogens with two attached hydrogens (primary N) is 1. The lowest BCUT2D eigenvalue weighted by Crippen LogP contribution is -2.47. The molecule has 31 heavy (non-hydrogen) atoms. The molecule has 1 aromatic heterocycles. The summed E-state index contributed by atoms with van der Waals surface area (Å²) < 4.78 is 0. The molecule has 0 saturated heterocycles. The first-order valence-corrected chi connectivity index (χ1v) is 12.9. The molecule has 3 aliphatic carbocycles. The van der Waals surface area contributed by atoms with E-state index in [-0.39, 0.29) is 23.9 Å². The van der Waals surface area contributed by atoms with Gasteiger partial charge in [0.2, 0.25) is 5.91 Å². The first kappa shape index (κ1) is 22.5. The second kappa shape index (κ2) is 9.86. The van der Waals surface area contributed by atoms with Gasteiger partial charge in [-0.2, -0.15) is 0 Å². The number of thiophene rings is 1. The highest BCUT2D eigenvalue weighted by Crippen LogP contribution is 2.42. The van der Waals surface area contributed by atoms with Crippen molar-refractivity contribution < 1.29 is 14.7 Å². The Morgan fingerprint density at radius 2 is 1.77 bits per heavy atom. The summed E-state index contributed by atoms with van der Waals surface area (Å²) in [5, 5.41) is 10.0. The van der Waals surface area contributed by atoms with Gasteiger partial charge in [-0.1, -0.05) is 13.0 Å². The number of carbonyl (C=O) groups is 2. The van der Waals surface area contributed by atoms with Crippen LogP contribution in [0.2, 0.25) is 0 Å². The highest BCUT2D eigenvalue weighted by Gasteiger charge is 2.37. The molecule has 0 radical (unpaired) electrons. The van der Waals surface area contributed by atoms with Crippen LogP contribution in [-0.2, 0) is 4.79 Å². The molecule has 2 fully saturated rings. The second-order valence-corrected chi connectivity index (χ2v) is 10.9. The Hall–Kier alpha value is -1.66. The average Bonchev–Trinajstić information content (AvgIpc) is 3.22. The molecule has 0 aliphatic heterocycles. The van der Waals surface area contributed by atoms with Gasteiger partial charge in [-0.25, -0.2) is 4.79 Å². The number of carbonyl (C=O) groups excluding carboxylic acids is 1. The van der Waals surface area contributed by atoms with Crippen LogP contribution >= 0.6 is 11.3 Å². The van der Waals surface area contributed by atoms with Gasteiger partial charge in [0.25, 0.3) is 0 Å². The maximum Gasteiger partial charge on any atom is 0.348 e. The van der Waals surface area contributed by atoms with Crippen molar-refractivity contribution in [3.63, 3.8) is 0 Å². The largest absolute Gasteiger partial charge is 0.477 e. The second-order valence-electron chi connectivity index (χ2n) is 9.84. The predicted octanol–water partition coefficient (Wildman–Crippen LogP) is 5.83. The van der Waals surface area contributed by atoms with Crippen molar-refractivity contribution in [2.75, 3.05) is 4.90 Å². The molecule has 0 atom stereocenters. The number of anilines is 1. The molecule has 0 bridgehead atoms. The molecular weight excluding hydrogens is 408 g/mol. The lowest BCUT2D eigenvalue weighted by atomic mass is 9.81. The van der Waals surface area contributed by atoms with Crippen molar-refractivity contribution in [3.05, 3.63) is 21.9 Å². The Balaban J connectivity index is 1.70. The maximum atomic E-state index is 13.8. The Morgan fingerprint density at radius 3 is 2.39 bits per heavy atom. The molecule has 1 amide bonds. The number of carboxylic acids is 1. The minimum atomic E-state index is -0.926. The monoisotopic (exact) mass is 444 g/mol. The smallest absolute Gasteiger partial charge is 0.348 e. The average molecular weight is 445 g/mol. The van der Waals surface area contributed by atoms with E-state index in [2.05, 4.69) is 13.0 Å². The van der Waals surface area contributed by atoms with Crippen molar-refractivity contribution in [2.24, 2.45) is 17.6 Å². The fourth-order valence-electron chi connectivity index (χ4n) is 5.49. The number of allylic oxidation sites excluding steroid dienone is 2. The normalized spacial score (nSPS) is 29.3. The summed E-state index contributed by atoms with van der Waals surface area (Å²) in [5.74, 6) is -0.112. The maximum absolute atomic E-state index is 13.8. The fourth-order valence-corrected chi connectivity index (χ4v) is 6.55. The van der Waals surface area contributed by atoms with Crippen LogP contribution < -0.4 is 10.6 Å². The number of carboxylic acid groups (broad SMARTS) is 1. The molecule has 1 heterocycles. The van der Waals surface area contributed by atoms with Gasteiger partial charge in [0.1, 0.15) is 4.88 Å². The number of hydrogen-bond acceptors (Lipinski definition) is 4. The SMILES string of the molecule is CC1CCC(C(=O)N(c2cc(C3=CCCCC3)sc2C(=O)O)C2CCC(N)CC2)CC1. The van der Waals surface area contributed by atoms with Crippen molar-refractivity contribution >= 4 is 34.5 Å². The van der Waals surface area contributed by atoms with Crippen molar-refractivity contribution in [1.82, 2.24) is 0 Å². The molecule has 4 rings (SSSR count). The quantitative estimate of drug-likeness (QED) is 0.598.